The van der Waals surface area contributed by atoms with Gasteiger partial charge in [0.25, 0.3) is 0 Å². The van der Waals surface area contributed by atoms with Crippen LogP contribution in [0.4, 0.5) is 4.79 Å². The second-order valence-electron chi connectivity index (χ2n) is 6.08. The molecule has 0 aromatic carbocycles. The minimum absolute atomic E-state index is 0.209. The molecule has 142 valence electrons. The molecule has 6 nitrogen and oxygen atoms in total. The van der Waals surface area contributed by atoms with Crippen molar-refractivity contribution in [2.24, 2.45) is 0 Å². The van der Waals surface area contributed by atoms with E-state index in [1.54, 1.807) is 12.1 Å². The van der Waals surface area contributed by atoms with Gasteiger partial charge in [-0.2, -0.15) is 0 Å². The number of aromatic carboxylic acids is 1. The molecule has 0 spiro atoms. The molecule has 1 rings (SSSR count). The van der Waals surface area contributed by atoms with Gasteiger partial charge in [0, 0.05) is 11.4 Å². The van der Waals surface area contributed by atoms with Crippen LogP contribution in [0.2, 0.25) is 0 Å². The number of rotatable bonds is 13. The minimum Gasteiger partial charge on any atom is -0.477 e. The smallest absolute Gasteiger partial charge is 0.345 e. The molecule has 0 radical (unpaired) electrons. The average Bonchev–Trinajstić information content (AvgIpc) is 3.07. The molecule has 0 fully saturated rings. The van der Waals surface area contributed by atoms with E-state index in [0.29, 0.717) is 13.1 Å². The number of nitrogens with one attached hydrogen (secondary N) is 2. The molecule has 25 heavy (non-hydrogen) atoms. The summed E-state index contributed by atoms with van der Waals surface area (Å²) < 4.78 is 0. The van der Waals surface area contributed by atoms with Gasteiger partial charge < -0.3 is 20.6 Å². The van der Waals surface area contributed by atoms with Crippen LogP contribution in [0.25, 0.3) is 0 Å². The first kappa shape index (κ1) is 21.4. The highest BCUT2D eigenvalue weighted by molar-refractivity contribution is 7.13. The second kappa shape index (κ2) is 12.7. The number of unbranched alkanes of at least 4 members (excludes halogenated alkanes) is 2. The molecule has 0 aliphatic heterocycles. The van der Waals surface area contributed by atoms with Crippen molar-refractivity contribution in [1.29, 1.82) is 0 Å². The Balaban J connectivity index is 2.18. The summed E-state index contributed by atoms with van der Waals surface area (Å²) in [5, 5.41) is 14.5. The summed E-state index contributed by atoms with van der Waals surface area (Å²) in [5.74, 6) is -0.934. The summed E-state index contributed by atoms with van der Waals surface area (Å²) in [6.07, 6.45) is 5.78. The Kier molecular flexibility index (Phi) is 10.9. The van der Waals surface area contributed by atoms with Crippen LogP contribution >= 0.6 is 11.3 Å². The fourth-order valence-corrected chi connectivity index (χ4v) is 3.21. The van der Waals surface area contributed by atoms with Crippen LogP contribution in [-0.2, 0) is 6.54 Å². The van der Waals surface area contributed by atoms with Crippen LogP contribution in [0.5, 0.6) is 0 Å². The van der Waals surface area contributed by atoms with Gasteiger partial charge in [0.15, 0.2) is 0 Å². The maximum absolute atomic E-state index is 11.8. The predicted molar refractivity (Wildman–Crippen MR) is 102 cm³/mol. The van der Waals surface area contributed by atoms with Gasteiger partial charge in [0.2, 0.25) is 0 Å². The third kappa shape index (κ3) is 9.45. The van der Waals surface area contributed by atoms with Crippen molar-refractivity contribution in [3.63, 3.8) is 0 Å². The first-order valence-electron chi connectivity index (χ1n) is 9.12. The number of carbonyl (C=O) groups excluding carboxylic acids is 1. The Morgan fingerprint density at radius 1 is 1.04 bits per heavy atom. The van der Waals surface area contributed by atoms with Gasteiger partial charge in [0.1, 0.15) is 4.88 Å². The Labute approximate surface area is 154 Å². The van der Waals surface area contributed by atoms with Gasteiger partial charge in [-0.1, -0.05) is 26.7 Å². The molecule has 7 heteroatoms. The lowest BCUT2D eigenvalue weighted by Crippen LogP contribution is -2.37. The van der Waals surface area contributed by atoms with Crippen molar-refractivity contribution < 1.29 is 14.7 Å². The molecule has 1 aromatic heterocycles. The molecular formula is C18H31N3O3S. The van der Waals surface area contributed by atoms with E-state index >= 15 is 0 Å². The van der Waals surface area contributed by atoms with E-state index in [1.165, 1.54) is 37.0 Å². The SMILES string of the molecule is CCCCN(CCCC)CCCNC(=O)NCc1ccc(C(=O)O)s1. The molecule has 0 saturated carbocycles. The summed E-state index contributed by atoms with van der Waals surface area (Å²) in [4.78, 5) is 26.2. The lowest BCUT2D eigenvalue weighted by atomic mass is 10.2. The Bertz CT molecular complexity index is 511. The predicted octanol–water partition coefficient (Wildman–Crippen LogP) is 3.54. The number of urea groups is 1. The van der Waals surface area contributed by atoms with E-state index in [4.69, 9.17) is 5.11 Å². The number of amides is 2. The Morgan fingerprint density at radius 2 is 1.68 bits per heavy atom. The summed E-state index contributed by atoms with van der Waals surface area (Å²) in [5.41, 5.74) is 0. The lowest BCUT2D eigenvalue weighted by Gasteiger charge is -2.21. The second-order valence-corrected chi connectivity index (χ2v) is 7.25. The zero-order chi connectivity index (χ0) is 18.5. The van der Waals surface area contributed by atoms with E-state index in [2.05, 4.69) is 29.4 Å². The van der Waals surface area contributed by atoms with Crippen molar-refractivity contribution >= 4 is 23.3 Å². The zero-order valence-corrected chi connectivity index (χ0v) is 16.2. The van der Waals surface area contributed by atoms with Gasteiger partial charge >= 0.3 is 12.0 Å². The number of carboxylic acids is 1. The first-order valence-corrected chi connectivity index (χ1v) is 9.94. The highest BCUT2D eigenvalue weighted by Gasteiger charge is 2.08. The summed E-state index contributed by atoms with van der Waals surface area (Å²) in [7, 11) is 0. The van der Waals surface area contributed by atoms with Crippen LogP contribution in [0.3, 0.4) is 0 Å². The summed E-state index contributed by atoms with van der Waals surface area (Å²) in [6.45, 7) is 8.68. The topological polar surface area (TPSA) is 81.7 Å². The summed E-state index contributed by atoms with van der Waals surface area (Å²) >= 11 is 1.18. The average molecular weight is 370 g/mol. The van der Waals surface area contributed by atoms with Crippen LogP contribution < -0.4 is 10.6 Å². The van der Waals surface area contributed by atoms with Crippen LogP contribution in [0, 0.1) is 0 Å². The van der Waals surface area contributed by atoms with Crippen molar-refractivity contribution in [1.82, 2.24) is 15.5 Å². The fraction of sp³-hybridized carbons (Fsp3) is 0.667. The number of hydrogen-bond acceptors (Lipinski definition) is 4. The van der Waals surface area contributed by atoms with Crippen LogP contribution in [0.1, 0.15) is 60.5 Å². The van der Waals surface area contributed by atoms with Crippen molar-refractivity contribution in [2.75, 3.05) is 26.2 Å². The van der Waals surface area contributed by atoms with E-state index < -0.39 is 5.97 Å². The highest BCUT2D eigenvalue weighted by atomic mass is 32.1. The molecule has 0 aliphatic carbocycles. The van der Waals surface area contributed by atoms with E-state index in [9.17, 15) is 9.59 Å². The number of nitrogens with zero attached hydrogens (tertiary/aromatic N) is 1. The minimum atomic E-state index is -0.934. The molecule has 0 bridgehead atoms. The van der Waals surface area contributed by atoms with Gasteiger partial charge in [0.05, 0.1) is 6.54 Å². The van der Waals surface area contributed by atoms with Crippen LogP contribution in [0.15, 0.2) is 12.1 Å². The standard InChI is InChI=1S/C18H31N3O3S/c1-3-5-11-21(12-6-4-2)13-7-10-19-18(24)20-14-15-8-9-16(25-15)17(22)23/h8-9H,3-7,10-14H2,1-2H3,(H,22,23)(H2,19,20,24). The van der Waals surface area contributed by atoms with Gasteiger partial charge in [-0.15, -0.1) is 11.3 Å². The van der Waals surface area contributed by atoms with Crippen molar-refractivity contribution in [3.8, 4) is 0 Å². The van der Waals surface area contributed by atoms with Crippen molar-refractivity contribution in [3.05, 3.63) is 21.9 Å². The highest BCUT2D eigenvalue weighted by Crippen LogP contribution is 2.15. The van der Waals surface area contributed by atoms with Crippen molar-refractivity contribution in [2.45, 2.75) is 52.5 Å². The Morgan fingerprint density at radius 3 is 2.24 bits per heavy atom. The third-order valence-corrected chi connectivity index (χ3v) is 4.96. The zero-order valence-electron chi connectivity index (χ0n) is 15.3. The maximum Gasteiger partial charge on any atom is 0.345 e. The van der Waals surface area contributed by atoms with E-state index in [1.807, 2.05) is 0 Å². The number of carboxylic acid groups (broad SMARTS) is 1. The third-order valence-electron chi connectivity index (χ3n) is 3.89. The molecular weight excluding hydrogens is 338 g/mol. The molecule has 1 heterocycles. The lowest BCUT2D eigenvalue weighted by molar-refractivity contribution is 0.0702. The number of hydrogen-bond donors (Lipinski definition) is 3. The normalized spacial score (nSPS) is 10.8. The molecule has 3 N–H and O–H groups in total. The Hall–Kier alpha value is -1.60. The molecule has 1 aromatic rings. The van der Waals surface area contributed by atoms with Gasteiger partial charge in [-0.25, -0.2) is 9.59 Å². The number of carbonyl (C=O) groups is 2. The quantitative estimate of drug-likeness (QED) is 0.465. The van der Waals surface area contributed by atoms with Gasteiger partial charge in [-0.05, 0) is 51.0 Å². The molecule has 0 aliphatic rings. The van der Waals surface area contributed by atoms with E-state index in [-0.39, 0.29) is 10.9 Å². The monoisotopic (exact) mass is 369 g/mol. The molecule has 2 amide bonds. The fourth-order valence-electron chi connectivity index (χ4n) is 2.42. The molecule has 0 atom stereocenters. The molecule has 0 unspecified atom stereocenters. The van der Waals surface area contributed by atoms with Gasteiger partial charge in [-0.3, -0.25) is 0 Å². The number of thiophene rings is 1. The molecule has 0 saturated heterocycles. The maximum atomic E-state index is 11.8. The summed E-state index contributed by atoms with van der Waals surface area (Å²) in [6, 6.07) is 3.08. The largest absolute Gasteiger partial charge is 0.477 e. The van der Waals surface area contributed by atoms with E-state index in [0.717, 1.165) is 30.9 Å². The first-order chi connectivity index (χ1) is 12.1. The van der Waals surface area contributed by atoms with Crippen LogP contribution in [-0.4, -0.2) is 48.2 Å².